The first kappa shape index (κ1) is 14.1. The van der Waals surface area contributed by atoms with Crippen molar-refractivity contribution in [2.75, 3.05) is 29.9 Å². The van der Waals surface area contributed by atoms with Crippen LogP contribution in [0.3, 0.4) is 0 Å². The van der Waals surface area contributed by atoms with Gasteiger partial charge in [-0.1, -0.05) is 6.92 Å². The normalized spacial score (nSPS) is 15.1. The molecule has 0 aliphatic heterocycles. The summed E-state index contributed by atoms with van der Waals surface area (Å²) in [6.07, 6.45) is 4.49. The first-order valence-electron chi connectivity index (χ1n) is 7.27. The number of aliphatic hydroxyl groups excluding tert-OH is 1. The molecule has 1 aliphatic carbocycles. The van der Waals surface area contributed by atoms with E-state index in [1.807, 2.05) is 6.07 Å². The summed E-state index contributed by atoms with van der Waals surface area (Å²) in [7, 11) is 0. The van der Waals surface area contributed by atoms with Crippen LogP contribution < -0.4 is 10.2 Å². The SMILES string of the molecule is CCNc1cc(N(CCO)C2CCC2)nc(CC)n1. The number of aliphatic hydroxyl groups is 1. The van der Waals surface area contributed by atoms with Crippen LogP contribution in [0.4, 0.5) is 11.6 Å². The molecule has 1 aromatic heterocycles. The summed E-state index contributed by atoms with van der Waals surface area (Å²) in [5.74, 6) is 2.68. The molecule has 0 bridgehead atoms. The molecule has 0 saturated heterocycles. The number of hydrogen-bond donors (Lipinski definition) is 2. The summed E-state index contributed by atoms with van der Waals surface area (Å²) in [6, 6.07) is 2.53. The Morgan fingerprint density at radius 2 is 2.16 bits per heavy atom. The second kappa shape index (κ2) is 6.70. The van der Waals surface area contributed by atoms with Gasteiger partial charge in [0.25, 0.3) is 0 Å². The monoisotopic (exact) mass is 264 g/mol. The van der Waals surface area contributed by atoms with Crippen molar-refractivity contribution >= 4 is 11.6 Å². The molecular weight excluding hydrogens is 240 g/mol. The maximum absolute atomic E-state index is 9.26. The van der Waals surface area contributed by atoms with Crippen LogP contribution in [-0.2, 0) is 6.42 Å². The Labute approximate surface area is 115 Å². The molecule has 0 spiro atoms. The van der Waals surface area contributed by atoms with Gasteiger partial charge in [-0.05, 0) is 26.2 Å². The molecule has 1 saturated carbocycles. The lowest BCUT2D eigenvalue weighted by atomic mass is 9.91. The predicted octanol–water partition coefficient (Wildman–Crippen LogP) is 1.82. The van der Waals surface area contributed by atoms with Crippen LogP contribution >= 0.6 is 0 Å². The van der Waals surface area contributed by atoms with Gasteiger partial charge in [0.1, 0.15) is 17.5 Å². The minimum Gasteiger partial charge on any atom is -0.395 e. The minimum absolute atomic E-state index is 0.165. The number of aromatic nitrogens is 2. The van der Waals surface area contributed by atoms with Gasteiger partial charge in [0.05, 0.1) is 6.61 Å². The maximum Gasteiger partial charge on any atom is 0.134 e. The van der Waals surface area contributed by atoms with Crippen molar-refractivity contribution in [3.8, 4) is 0 Å². The molecule has 2 rings (SSSR count). The molecule has 5 heteroatoms. The van der Waals surface area contributed by atoms with E-state index in [0.29, 0.717) is 12.6 Å². The van der Waals surface area contributed by atoms with Crippen LogP contribution in [-0.4, -0.2) is 40.8 Å². The van der Waals surface area contributed by atoms with Crippen molar-refractivity contribution in [2.45, 2.75) is 45.6 Å². The van der Waals surface area contributed by atoms with Gasteiger partial charge in [-0.15, -0.1) is 0 Å². The molecule has 5 nitrogen and oxygen atoms in total. The number of hydrogen-bond acceptors (Lipinski definition) is 5. The summed E-state index contributed by atoms with van der Waals surface area (Å²) in [5, 5.41) is 12.5. The van der Waals surface area contributed by atoms with E-state index in [2.05, 4.69) is 34.0 Å². The molecule has 0 radical (unpaired) electrons. The lowest BCUT2D eigenvalue weighted by Crippen LogP contribution is -2.42. The van der Waals surface area contributed by atoms with Crippen LogP contribution in [0, 0.1) is 0 Å². The smallest absolute Gasteiger partial charge is 0.134 e. The van der Waals surface area contributed by atoms with E-state index >= 15 is 0 Å². The van der Waals surface area contributed by atoms with Crippen molar-refractivity contribution in [1.29, 1.82) is 0 Å². The number of nitrogens with zero attached hydrogens (tertiary/aromatic N) is 3. The quantitative estimate of drug-likeness (QED) is 0.786. The lowest BCUT2D eigenvalue weighted by molar-refractivity contribution is 0.283. The Morgan fingerprint density at radius 1 is 1.37 bits per heavy atom. The Morgan fingerprint density at radius 3 is 2.68 bits per heavy atom. The maximum atomic E-state index is 9.26. The standard InChI is InChI=1S/C14H24N4O/c1-3-12-16-13(15-4-2)10-14(17-12)18(8-9-19)11-6-5-7-11/h10-11,19H,3-9H2,1-2H3,(H,15,16,17). The highest BCUT2D eigenvalue weighted by atomic mass is 16.3. The zero-order valence-corrected chi connectivity index (χ0v) is 11.9. The minimum atomic E-state index is 0.165. The highest BCUT2D eigenvalue weighted by Gasteiger charge is 2.26. The lowest BCUT2D eigenvalue weighted by Gasteiger charge is -2.38. The van der Waals surface area contributed by atoms with Crippen LogP contribution in [0.2, 0.25) is 0 Å². The van der Waals surface area contributed by atoms with Crippen LogP contribution in [0.15, 0.2) is 6.07 Å². The Hall–Kier alpha value is -1.36. The average Bonchev–Trinajstić information content (AvgIpc) is 2.36. The molecule has 0 aromatic carbocycles. The van der Waals surface area contributed by atoms with Crippen molar-refractivity contribution in [3.63, 3.8) is 0 Å². The molecule has 1 fully saturated rings. The summed E-state index contributed by atoms with van der Waals surface area (Å²) >= 11 is 0. The molecule has 106 valence electrons. The third-order valence-corrected chi connectivity index (χ3v) is 3.58. The highest BCUT2D eigenvalue weighted by Crippen LogP contribution is 2.29. The Bertz CT molecular complexity index is 406. The van der Waals surface area contributed by atoms with Crippen molar-refractivity contribution in [3.05, 3.63) is 11.9 Å². The van der Waals surface area contributed by atoms with Crippen LogP contribution in [0.25, 0.3) is 0 Å². The van der Waals surface area contributed by atoms with Gasteiger partial charge in [-0.3, -0.25) is 0 Å². The molecule has 1 aliphatic rings. The molecule has 2 N–H and O–H groups in total. The Balaban J connectivity index is 2.25. The van der Waals surface area contributed by atoms with Gasteiger partial charge < -0.3 is 15.3 Å². The van der Waals surface area contributed by atoms with Gasteiger partial charge in [-0.2, -0.15) is 0 Å². The largest absolute Gasteiger partial charge is 0.395 e. The fourth-order valence-electron chi connectivity index (χ4n) is 2.35. The van der Waals surface area contributed by atoms with Gasteiger partial charge >= 0.3 is 0 Å². The topological polar surface area (TPSA) is 61.3 Å². The first-order chi connectivity index (χ1) is 9.28. The van der Waals surface area contributed by atoms with Crippen LogP contribution in [0.5, 0.6) is 0 Å². The third kappa shape index (κ3) is 3.35. The molecule has 1 heterocycles. The van der Waals surface area contributed by atoms with Gasteiger partial charge in [0.15, 0.2) is 0 Å². The molecule has 19 heavy (non-hydrogen) atoms. The molecular formula is C14H24N4O. The number of anilines is 2. The highest BCUT2D eigenvalue weighted by molar-refractivity contribution is 5.50. The summed E-state index contributed by atoms with van der Waals surface area (Å²) in [6.45, 7) is 5.79. The summed E-state index contributed by atoms with van der Waals surface area (Å²) < 4.78 is 0. The van der Waals surface area contributed by atoms with E-state index in [-0.39, 0.29) is 6.61 Å². The predicted molar refractivity (Wildman–Crippen MR) is 77.6 cm³/mol. The van der Waals surface area contributed by atoms with Gasteiger partial charge in [0.2, 0.25) is 0 Å². The molecule has 0 amide bonds. The second-order valence-corrected chi connectivity index (χ2v) is 4.91. The van der Waals surface area contributed by atoms with E-state index in [4.69, 9.17) is 0 Å². The zero-order valence-electron chi connectivity index (χ0n) is 11.9. The van der Waals surface area contributed by atoms with Gasteiger partial charge in [0, 0.05) is 31.6 Å². The average molecular weight is 264 g/mol. The van der Waals surface area contributed by atoms with Crippen molar-refractivity contribution < 1.29 is 5.11 Å². The molecule has 0 atom stereocenters. The number of aryl methyl sites for hydroxylation is 1. The van der Waals surface area contributed by atoms with E-state index in [9.17, 15) is 5.11 Å². The molecule has 0 unspecified atom stereocenters. The van der Waals surface area contributed by atoms with E-state index < -0.39 is 0 Å². The van der Waals surface area contributed by atoms with Gasteiger partial charge in [-0.25, -0.2) is 9.97 Å². The van der Waals surface area contributed by atoms with Crippen molar-refractivity contribution in [2.24, 2.45) is 0 Å². The van der Waals surface area contributed by atoms with Crippen LogP contribution in [0.1, 0.15) is 38.9 Å². The summed E-state index contributed by atoms with van der Waals surface area (Å²) in [4.78, 5) is 11.3. The second-order valence-electron chi connectivity index (χ2n) is 4.91. The van der Waals surface area contributed by atoms with Crippen molar-refractivity contribution in [1.82, 2.24) is 9.97 Å². The number of rotatable bonds is 7. The van der Waals surface area contributed by atoms with E-state index in [0.717, 1.165) is 30.4 Å². The first-order valence-corrected chi connectivity index (χ1v) is 7.27. The molecule has 1 aromatic rings. The van der Waals surface area contributed by atoms with E-state index in [1.165, 1.54) is 19.3 Å². The fraction of sp³-hybridized carbons (Fsp3) is 0.714. The summed E-state index contributed by atoms with van der Waals surface area (Å²) in [5.41, 5.74) is 0. The number of nitrogens with one attached hydrogen (secondary N) is 1. The Kier molecular flexibility index (Phi) is 4.96. The fourth-order valence-corrected chi connectivity index (χ4v) is 2.35. The third-order valence-electron chi connectivity index (χ3n) is 3.58. The van der Waals surface area contributed by atoms with E-state index in [1.54, 1.807) is 0 Å². The zero-order chi connectivity index (χ0) is 13.7.